The molecule has 0 amide bonds. The van der Waals surface area contributed by atoms with Crippen molar-refractivity contribution in [1.29, 1.82) is 0 Å². The van der Waals surface area contributed by atoms with Crippen LogP contribution in [0.25, 0.3) is 0 Å². The van der Waals surface area contributed by atoms with E-state index in [0.29, 0.717) is 37.0 Å². The molecule has 0 saturated carbocycles. The molecule has 1 N–H and O–H groups in total. The highest BCUT2D eigenvalue weighted by atomic mass is 32.1. The monoisotopic (exact) mass is 414 g/mol. The number of aliphatic imine (C=N–C) groups is 1. The number of guanidine groups is 1. The van der Waals surface area contributed by atoms with Gasteiger partial charge in [-0.25, -0.2) is 4.98 Å². The van der Waals surface area contributed by atoms with Gasteiger partial charge >= 0.3 is 6.18 Å². The van der Waals surface area contributed by atoms with E-state index < -0.39 is 11.9 Å². The van der Waals surface area contributed by atoms with Gasteiger partial charge in [0.2, 0.25) is 6.79 Å². The zero-order valence-electron chi connectivity index (χ0n) is 15.5. The standard InChI is InChI=1S/C18H21F3N4O2S/c1-3-22-17(23-7-6-16-24-15(10-28-16)18(19,20)21)25(2)9-12-4-5-13-14(8-12)27-11-26-13/h4-5,8,10H,3,6-7,9,11H2,1-2H3,(H,22,23). The fourth-order valence-corrected chi connectivity index (χ4v) is 3.47. The molecule has 1 aromatic carbocycles. The maximum Gasteiger partial charge on any atom is 0.434 e. The minimum atomic E-state index is -4.40. The number of fused-ring (bicyclic) bond motifs is 1. The van der Waals surface area contributed by atoms with Crippen LogP contribution in [0.1, 0.15) is 23.2 Å². The van der Waals surface area contributed by atoms with Gasteiger partial charge in [-0.3, -0.25) is 4.99 Å². The zero-order chi connectivity index (χ0) is 20.1. The Labute approximate surface area is 165 Å². The molecule has 6 nitrogen and oxygen atoms in total. The molecule has 28 heavy (non-hydrogen) atoms. The molecule has 0 unspecified atom stereocenters. The second-order valence-electron chi connectivity index (χ2n) is 6.15. The van der Waals surface area contributed by atoms with Crippen molar-refractivity contribution in [2.45, 2.75) is 26.1 Å². The number of rotatable bonds is 6. The van der Waals surface area contributed by atoms with Crippen molar-refractivity contribution in [3.63, 3.8) is 0 Å². The van der Waals surface area contributed by atoms with Gasteiger partial charge in [0.25, 0.3) is 0 Å². The predicted molar refractivity (Wildman–Crippen MR) is 101 cm³/mol. The van der Waals surface area contributed by atoms with Crippen molar-refractivity contribution in [3.05, 3.63) is 39.8 Å². The number of thiazole rings is 1. The third-order valence-electron chi connectivity index (χ3n) is 3.98. The number of aromatic nitrogens is 1. The quantitative estimate of drug-likeness (QED) is 0.579. The average Bonchev–Trinajstić information content (AvgIpc) is 3.29. The lowest BCUT2D eigenvalue weighted by Gasteiger charge is -2.22. The van der Waals surface area contributed by atoms with Gasteiger partial charge in [0, 0.05) is 38.5 Å². The number of halogens is 3. The molecule has 152 valence electrons. The Morgan fingerprint density at radius 3 is 2.82 bits per heavy atom. The van der Waals surface area contributed by atoms with E-state index in [9.17, 15) is 13.2 Å². The Bertz CT molecular complexity index is 838. The summed E-state index contributed by atoms with van der Waals surface area (Å²) in [4.78, 5) is 10.1. The molecule has 1 aliphatic heterocycles. The van der Waals surface area contributed by atoms with Crippen molar-refractivity contribution in [3.8, 4) is 11.5 Å². The van der Waals surface area contributed by atoms with Gasteiger partial charge in [-0.05, 0) is 24.6 Å². The predicted octanol–water partition coefficient (Wildman–Crippen LogP) is 3.53. The van der Waals surface area contributed by atoms with E-state index >= 15 is 0 Å². The first-order valence-corrected chi connectivity index (χ1v) is 9.64. The lowest BCUT2D eigenvalue weighted by Crippen LogP contribution is -2.38. The second-order valence-corrected chi connectivity index (χ2v) is 7.10. The molecule has 0 bridgehead atoms. The molecule has 3 rings (SSSR count). The number of nitrogens with one attached hydrogen (secondary N) is 1. The Kier molecular flexibility index (Phi) is 6.28. The topological polar surface area (TPSA) is 59.0 Å². The maximum atomic E-state index is 12.6. The van der Waals surface area contributed by atoms with Crippen molar-refractivity contribution >= 4 is 17.3 Å². The normalized spacial score (nSPS) is 13.7. The van der Waals surface area contributed by atoms with Gasteiger partial charge in [0.05, 0.1) is 5.01 Å². The minimum absolute atomic E-state index is 0.228. The summed E-state index contributed by atoms with van der Waals surface area (Å²) in [6, 6.07) is 5.76. The number of benzene rings is 1. The zero-order valence-corrected chi connectivity index (χ0v) is 16.4. The molecule has 0 atom stereocenters. The SMILES string of the molecule is CCNC(=NCCc1nc(C(F)(F)F)cs1)N(C)Cc1ccc2c(c1)OCO2. The second kappa shape index (κ2) is 8.68. The van der Waals surface area contributed by atoms with Crippen LogP contribution in [0.3, 0.4) is 0 Å². The molecule has 0 spiro atoms. The Morgan fingerprint density at radius 1 is 1.32 bits per heavy atom. The largest absolute Gasteiger partial charge is 0.454 e. The van der Waals surface area contributed by atoms with Crippen LogP contribution < -0.4 is 14.8 Å². The molecule has 2 aromatic rings. The van der Waals surface area contributed by atoms with Gasteiger partial charge in [0.1, 0.15) is 0 Å². The third-order valence-corrected chi connectivity index (χ3v) is 4.89. The van der Waals surface area contributed by atoms with Crippen LogP contribution in [-0.2, 0) is 19.1 Å². The van der Waals surface area contributed by atoms with Gasteiger partial charge in [-0.15, -0.1) is 11.3 Å². The molecule has 2 heterocycles. The highest BCUT2D eigenvalue weighted by Crippen LogP contribution is 2.33. The van der Waals surface area contributed by atoms with Gasteiger partial charge in [0.15, 0.2) is 23.2 Å². The van der Waals surface area contributed by atoms with Crippen molar-refractivity contribution in [2.24, 2.45) is 4.99 Å². The van der Waals surface area contributed by atoms with Crippen LogP contribution in [0.15, 0.2) is 28.6 Å². The van der Waals surface area contributed by atoms with Gasteiger partial charge in [-0.1, -0.05) is 6.07 Å². The Morgan fingerprint density at radius 2 is 2.11 bits per heavy atom. The van der Waals surface area contributed by atoms with Gasteiger partial charge < -0.3 is 19.7 Å². The highest BCUT2D eigenvalue weighted by molar-refractivity contribution is 7.09. The molecular formula is C18H21F3N4O2S. The summed E-state index contributed by atoms with van der Waals surface area (Å²) in [6.07, 6.45) is -4.05. The smallest absolute Gasteiger partial charge is 0.434 e. The van der Waals surface area contributed by atoms with Crippen molar-refractivity contribution in [1.82, 2.24) is 15.2 Å². The number of ether oxygens (including phenoxy) is 2. The number of alkyl halides is 3. The first-order chi connectivity index (χ1) is 13.4. The summed E-state index contributed by atoms with van der Waals surface area (Å²) in [5.41, 5.74) is 0.190. The summed E-state index contributed by atoms with van der Waals surface area (Å²) < 4.78 is 48.6. The Hall–Kier alpha value is -2.49. The Balaban J connectivity index is 1.60. The molecule has 0 saturated heterocycles. The summed E-state index contributed by atoms with van der Waals surface area (Å²) in [5, 5.41) is 4.65. The molecule has 0 radical (unpaired) electrons. The highest BCUT2D eigenvalue weighted by Gasteiger charge is 2.33. The van der Waals surface area contributed by atoms with Crippen LogP contribution in [0.5, 0.6) is 11.5 Å². The number of nitrogens with zero attached hydrogens (tertiary/aromatic N) is 3. The summed E-state index contributed by atoms with van der Waals surface area (Å²) >= 11 is 1.00. The first kappa shape index (κ1) is 20.2. The minimum Gasteiger partial charge on any atom is -0.454 e. The van der Waals surface area contributed by atoms with Gasteiger partial charge in [-0.2, -0.15) is 13.2 Å². The molecule has 1 aromatic heterocycles. The average molecular weight is 414 g/mol. The third kappa shape index (κ3) is 5.06. The van der Waals surface area contributed by atoms with E-state index in [1.165, 1.54) is 0 Å². The fourth-order valence-electron chi connectivity index (χ4n) is 2.67. The van der Waals surface area contributed by atoms with Crippen molar-refractivity contribution < 1.29 is 22.6 Å². The molecule has 1 aliphatic rings. The van der Waals surface area contributed by atoms with E-state index in [-0.39, 0.29) is 6.79 Å². The fraction of sp³-hybridized carbons (Fsp3) is 0.444. The molecule has 0 aliphatic carbocycles. The number of hydrogen-bond acceptors (Lipinski definition) is 5. The van der Waals surface area contributed by atoms with Crippen LogP contribution in [0, 0.1) is 0 Å². The molecule has 10 heteroatoms. The van der Waals surface area contributed by atoms with E-state index in [4.69, 9.17) is 9.47 Å². The number of hydrogen-bond donors (Lipinski definition) is 1. The van der Waals surface area contributed by atoms with E-state index in [2.05, 4.69) is 15.3 Å². The van der Waals surface area contributed by atoms with Crippen LogP contribution in [0.4, 0.5) is 13.2 Å². The van der Waals surface area contributed by atoms with Crippen LogP contribution >= 0.6 is 11.3 Å². The van der Waals surface area contributed by atoms with Crippen molar-refractivity contribution in [2.75, 3.05) is 26.9 Å². The summed E-state index contributed by atoms with van der Waals surface area (Å²) in [7, 11) is 1.90. The first-order valence-electron chi connectivity index (χ1n) is 8.76. The van der Waals surface area contributed by atoms with Crippen LogP contribution in [-0.4, -0.2) is 42.8 Å². The maximum absolute atomic E-state index is 12.6. The lowest BCUT2D eigenvalue weighted by atomic mass is 10.2. The molecular weight excluding hydrogens is 393 g/mol. The summed E-state index contributed by atoms with van der Waals surface area (Å²) in [5.74, 6) is 2.12. The van der Waals surface area contributed by atoms with E-state index in [1.54, 1.807) is 0 Å². The molecule has 0 fully saturated rings. The van der Waals surface area contributed by atoms with E-state index in [0.717, 1.165) is 33.8 Å². The lowest BCUT2D eigenvalue weighted by molar-refractivity contribution is -0.140. The van der Waals surface area contributed by atoms with Crippen LogP contribution in [0.2, 0.25) is 0 Å². The summed E-state index contributed by atoms with van der Waals surface area (Å²) in [6.45, 7) is 3.81. The van der Waals surface area contributed by atoms with E-state index in [1.807, 2.05) is 37.1 Å².